The van der Waals surface area contributed by atoms with Gasteiger partial charge in [-0.15, -0.1) is 0 Å². The molecule has 162 valence electrons. The van der Waals surface area contributed by atoms with Gasteiger partial charge in [0.25, 0.3) is 5.91 Å². The first-order valence-electron chi connectivity index (χ1n) is 9.34. The zero-order chi connectivity index (χ0) is 23.1. The van der Waals surface area contributed by atoms with Crippen LogP contribution in [0.5, 0.6) is 11.5 Å². The molecule has 0 aliphatic rings. The fourth-order valence-corrected chi connectivity index (χ4v) is 4.10. The number of rotatable bonds is 7. The fourth-order valence-electron chi connectivity index (χ4n) is 2.81. The molecular formula is C24H17Cl2IN2O3. The van der Waals surface area contributed by atoms with Gasteiger partial charge in [0.2, 0.25) is 0 Å². The monoisotopic (exact) mass is 578 g/mol. The number of ether oxygens (including phenoxy) is 2. The van der Waals surface area contributed by atoms with E-state index in [1.54, 1.807) is 54.6 Å². The summed E-state index contributed by atoms with van der Waals surface area (Å²) < 4.78 is 12.2. The molecule has 0 saturated heterocycles. The maximum Gasteiger partial charge on any atom is 0.266 e. The van der Waals surface area contributed by atoms with Crippen molar-refractivity contribution in [3.8, 4) is 17.6 Å². The van der Waals surface area contributed by atoms with E-state index < -0.39 is 5.91 Å². The van der Waals surface area contributed by atoms with E-state index in [4.69, 9.17) is 32.7 Å². The summed E-state index contributed by atoms with van der Waals surface area (Å²) in [6.07, 6.45) is 1.50. The third-order valence-electron chi connectivity index (χ3n) is 4.38. The van der Waals surface area contributed by atoms with Crippen molar-refractivity contribution in [2.75, 3.05) is 12.4 Å². The number of nitriles is 1. The lowest BCUT2D eigenvalue weighted by Crippen LogP contribution is -2.13. The van der Waals surface area contributed by atoms with Crippen LogP contribution in [0.15, 0.2) is 66.2 Å². The van der Waals surface area contributed by atoms with Crippen molar-refractivity contribution in [1.82, 2.24) is 0 Å². The van der Waals surface area contributed by atoms with E-state index in [1.807, 2.05) is 12.1 Å². The summed E-state index contributed by atoms with van der Waals surface area (Å²) >= 11 is 14.5. The Morgan fingerprint density at radius 2 is 1.81 bits per heavy atom. The molecule has 3 aromatic carbocycles. The van der Waals surface area contributed by atoms with Crippen LogP contribution in [-0.2, 0) is 11.4 Å². The SMILES string of the molecule is COc1cc(/C=C(/C#N)C(=O)Nc2ccccc2)cc(I)c1OCc1c(Cl)cccc1Cl. The number of carbonyl (C=O) groups excluding carboxylic acids is 1. The molecule has 0 bridgehead atoms. The highest BCUT2D eigenvalue weighted by molar-refractivity contribution is 14.1. The molecule has 8 heteroatoms. The molecule has 0 radical (unpaired) electrons. The predicted molar refractivity (Wildman–Crippen MR) is 135 cm³/mol. The van der Waals surface area contributed by atoms with E-state index in [-0.39, 0.29) is 12.2 Å². The van der Waals surface area contributed by atoms with Crippen molar-refractivity contribution in [3.63, 3.8) is 0 Å². The van der Waals surface area contributed by atoms with Crippen molar-refractivity contribution >= 4 is 63.5 Å². The van der Waals surface area contributed by atoms with Crippen LogP contribution >= 0.6 is 45.8 Å². The van der Waals surface area contributed by atoms with Crippen LogP contribution in [0.3, 0.4) is 0 Å². The van der Waals surface area contributed by atoms with Crippen LogP contribution in [0, 0.1) is 14.9 Å². The molecular weight excluding hydrogens is 562 g/mol. The standard InChI is InChI=1S/C24H17Cl2IN2O3/c1-31-22-12-15(10-16(13-28)24(30)29-17-6-3-2-4-7-17)11-21(27)23(22)32-14-18-19(25)8-5-9-20(18)26/h2-12H,14H2,1H3,(H,29,30)/b16-10-. The van der Waals surface area contributed by atoms with E-state index in [0.29, 0.717) is 38.4 Å². The molecule has 1 N–H and O–H groups in total. The van der Waals surface area contributed by atoms with Gasteiger partial charge in [-0.1, -0.05) is 47.5 Å². The summed E-state index contributed by atoms with van der Waals surface area (Å²) in [6.45, 7) is 0.156. The molecule has 1 amide bonds. The highest BCUT2D eigenvalue weighted by atomic mass is 127. The van der Waals surface area contributed by atoms with E-state index in [2.05, 4.69) is 27.9 Å². The van der Waals surface area contributed by atoms with Crippen molar-refractivity contribution in [3.05, 3.63) is 91.0 Å². The second kappa shape index (κ2) is 11.2. The normalized spacial score (nSPS) is 10.9. The maximum atomic E-state index is 12.5. The Hall–Kier alpha value is -2.73. The fraction of sp³-hybridized carbons (Fsp3) is 0.0833. The van der Waals surface area contributed by atoms with Gasteiger partial charge >= 0.3 is 0 Å². The summed E-state index contributed by atoms with van der Waals surface area (Å²) in [7, 11) is 1.52. The first kappa shape index (κ1) is 23.9. The number of halogens is 3. The minimum absolute atomic E-state index is 0.0387. The summed E-state index contributed by atoms with van der Waals surface area (Å²) in [6, 6.07) is 19.6. The number of anilines is 1. The van der Waals surface area contributed by atoms with Gasteiger partial charge < -0.3 is 14.8 Å². The summed E-state index contributed by atoms with van der Waals surface area (Å²) in [5, 5.41) is 13.2. The van der Waals surface area contributed by atoms with E-state index >= 15 is 0 Å². The van der Waals surface area contributed by atoms with E-state index in [1.165, 1.54) is 13.2 Å². The Kier molecular flexibility index (Phi) is 8.39. The Morgan fingerprint density at radius 3 is 2.44 bits per heavy atom. The van der Waals surface area contributed by atoms with Crippen molar-refractivity contribution in [1.29, 1.82) is 5.26 Å². The molecule has 5 nitrogen and oxygen atoms in total. The minimum atomic E-state index is -0.499. The Balaban J connectivity index is 1.84. The molecule has 3 aromatic rings. The number of carbonyl (C=O) groups is 1. The van der Waals surface area contributed by atoms with Crippen LogP contribution in [0.4, 0.5) is 5.69 Å². The van der Waals surface area contributed by atoms with Crippen LogP contribution in [-0.4, -0.2) is 13.0 Å². The number of para-hydroxylation sites is 1. The molecule has 0 atom stereocenters. The number of hydrogen-bond acceptors (Lipinski definition) is 4. The van der Waals surface area contributed by atoms with Gasteiger partial charge in [-0.25, -0.2) is 0 Å². The summed E-state index contributed by atoms with van der Waals surface area (Å²) in [5.74, 6) is 0.460. The van der Waals surface area contributed by atoms with Gasteiger partial charge in [0.1, 0.15) is 18.2 Å². The molecule has 0 unspecified atom stereocenters. The first-order valence-corrected chi connectivity index (χ1v) is 11.2. The first-order chi connectivity index (χ1) is 15.4. The highest BCUT2D eigenvalue weighted by Crippen LogP contribution is 2.36. The third kappa shape index (κ3) is 5.94. The van der Waals surface area contributed by atoms with E-state index in [9.17, 15) is 10.1 Å². The number of hydrogen-bond donors (Lipinski definition) is 1. The van der Waals surface area contributed by atoms with Gasteiger partial charge in [-0.05, 0) is 70.6 Å². The van der Waals surface area contributed by atoms with Crippen molar-refractivity contribution in [2.45, 2.75) is 6.61 Å². The van der Waals surface area contributed by atoms with Gasteiger partial charge in [0.05, 0.1) is 10.7 Å². The second-order valence-corrected chi connectivity index (χ2v) is 8.49. The van der Waals surface area contributed by atoms with Crippen molar-refractivity contribution in [2.24, 2.45) is 0 Å². The average molecular weight is 579 g/mol. The second-order valence-electron chi connectivity index (χ2n) is 6.51. The number of methoxy groups -OCH3 is 1. The molecule has 0 aliphatic heterocycles. The number of benzene rings is 3. The van der Waals surface area contributed by atoms with Gasteiger partial charge in [0.15, 0.2) is 11.5 Å². The molecule has 0 spiro atoms. The number of amides is 1. The maximum absolute atomic E-state index is 12.5. The molecule has 0 aliphatic carbocycles. The zero-order valence-corrected chi connectivity index (χ0v) is 20.5. The highest BCUT2D eigenvalue weighted by Gasteiger charge is 2.15. The third-order valence-corrected chi connectivity index (χ3v) is 5.89. The molecule has 0 saturated carbocycles. The lowest BCUT2D eigenvalue weighted by atomic mass is 10.1. The van der Waals surface area contributed by atoms with Crippen molar-refractivity contribution < 1.29 is 14.3 Å². The lowest BCUT2D eigenvalue weighted by molar-refractivity contribution is -0.112. The summed E-state index contributed by atoms with van der Waals surface area (Å²) in [5.41, 5.74) is 1.85. The van der Waals surface area contributed by atoms with Crippen LogP contribution in [0.2, 0.25) is 10.0 Å². The predicted octanol–water partition coefficient (Wildman–Crippen LogP) is 6.73. The Labute approximate surface area is 209 Å². The molecule has 3 rings (SSSR count). The zero-order valence-electron chi connectivity index (χ0n) is 16.9. The van der Waals surface area contributed by atoms with Crippen LogP contribution in [0.25, 0.3) is 6.08 Å². The molecule has 32 heavy (non-hydrogen) atoms. The quantitative estimate of drug-likeness (QED) is 0.192. The van der Waals surface area contributed by atoms with Crippen LogP contribution < -0.4 is 14.8 Å². The van der Waals surface area contributed by atoms with Crippen LogP contribution in [0.1, 0.15) is 11.1 Å². The molecule has 0 fully saturated rings. The molecule has 0 heterocycles. The minimum Gasteiger partial charge on any atom is -0.493 e. The molecule has 0 aromatic heterocycles. The van der Waals surface area contributed by atoms with E-state index in [0.717, 1.165) is 3.57 Å². The largest absolute Gasteiger partial charge is 0.493 e. The topological polar surface area (TPSA) is 71.3 Å². The Morgan fingerprint density at radius 1 is 1.12 bits per heavy atom. The Bertz CT molecular complexity index is 1190. The number of nitrogens with zero attached hydrogens (tertiary/aromatic N) is 1. The lowest BCUT2D eigenvalue weighted by Gasteiger charge is -2.15. The van der Waals surface area contributed by atoms with Gasteiger partial charge in [-0.3, -0.25) is 4.79 Å². The van der Waals surface area contributed by atoms with Gasteiger partial charge in [0, 0.05) is 21.3 Å². The number of nitrogens with one attached hydrogen (secondary N) is 1. The van der Waals surface area contributed by atoms with Gasteiger partial charge in [-0.2, -0.15) is 5.26 Å². The smallest absolute Gasteiger partial charge is 0.266 e. The summed E-state index contributed by atoms with van der Waals surface area (Å²) in [4.78, 5) is 12.5. The average Bonchev–Trinajstić information content (AvgIpc) is 2.78.